The average molecular weight is 728 g/mol. The molecule has 3 fully saturated rings. The number of amides is 4. The summed E-state index contributed by atoms with van der Waals surface area (Å²) in [6, 6.07) is 4.94. The number of rotatable bonds is 11. The number of alkyl carbamates (subject to hydrolysis) is 1. The number of nitrogens with one attached hydrogen (secondary N) is 3. The molecule has 1 aromatic heterocycles. The molecule has 1 aromatic carbocycles. The zero-order chi connectivity index (χ0) is 37.7. The van der Waals surface area contributed by atoms with E-state index in [2.05, 4.69) is 26.9 Å². The van der Waals surface area contributed by atoms with Crippen molar-refractivity contribution in [3.8, 4) is 11.6 Å². The van der Waals surface area contributed by atoms with Gasteiger partial charge in [-0.3, -0.25) is 19.1 Å². The maximum absolute atomic E-state index is 14.4. The summed E-state index contributed by atoms with van der Waals surface area (Å²) in [5.74, 6) is -1.69. The number of hydrogen-bond donors (Lipinski definition) is 3. The summed E-state index contributed by atoms with van der Waals surface area (Å²) in [6.45, 7) is 15.7. The molecule has 0 bridgehead atoms. The van der Waals surface area contributed by atoms with Crippen molar-refractivity contribution < 1.29 is 41.8 Å². The molecule has 2 aliphatic carbocycles. The lowest BCUT2D eigenvalue weighted by Gasteiger charge is -2.36. The van der Waals surface area contributed by atoms with Gasteiger partial charge in [0.25, 0.3) is 5.91 Å². The second-order valence-electron chi connectivity index (χ2n) is 16.0. The summed E-state index contributed by atoms with van der Waals surface area (Å²) in [5, 5.41) is 6.98. The molecule has 0 spiro atoms. The second kappa shape index (κ2) is 13.3. The Hall–Kier alpha value is -4.40. The Morgan fingerprint density at radius 3 is 2.35 bits per heavy atom. The Morgan fingerprint density at radius 2 is 1.78 bits per heavy atom. The fourth-order valence-corrected chi connectivity index (χ4v) is 7.55. The average Bonchev–Trinajstić information content (AvgIpc) is 3.92. The van der Waals surface area contributed by atoms with Gasteiger partial charge in [0.05, 0.1) is 18.4 Å². The van der Waals surface area contributed by atoms with Crippen molar-refractivity contribution >= 4 is 44.6 Å². The number of methoxy groups -OCH3 is 1. The van der Waals surface area contributed by atoms with Crippen molar-refractivity contribution in [2.45, 2.75) is 108 Å². The molecule has 2 saturated carbocycles. The third kappa shape index (κ3) is 7.92. The third-order valence-electron chi connectivity index (χ3n) is 9.72. The van der Waals surface area contributed by atoms with Crippen LogP contribution in [0.25, 0.3) is 10.8 Å². The molecule has 14 nitrogen and oxygen atoms in total. The van der Waals surface area contributed by atoms with Crippen LogP contribution in [0.15, 0.2) is 43.1 Å². The van der Waals surface area contributed by atoms with E-state index >= 15 is 0 Å². The molecule has 1 saturated heterocycles. The molecule has 15 heteroatoms. The van der Waals surface area contributed by atoms with Crippen molar-refractivity contribution in [3.05, 3.63) is 43.1 Å². The number of carbonyl (C=O) groups is 4. The highest BCUT2D eigenvalue weighted by atomic mass is 32.2. The van der Waals surface area contributed by atoms with Gasteiger partial charge in [0, 0.05) is 23.9 Å². The van der Waals surface area contributed by atoms with Crippen LogP contribution in [-0.4, -0.2) is 89.8 Å². The number of ether oxygens (including phenoxy) is 3. The van der Waals surface area contributed by atoms with Crippen LogP contribution in [0.5, 0.6) is 11.6 Å². The Labute approximate surface area is 299 Å². The predicted octanol–water partition coefficient (Wildman–Crippen LogP) is 3.59. The SMILES string of the molecule is C=CC1CC1(NC(=O)C1CC(Oc2nccc3cc(OC)ccc23)CN1C(=O)C(NC(=O)OC(C)(C)C)C(C)(C)C)C(=O)NS(=O)(=O)C1(C)CC1. The van der Waals surface area contributed by atoms with Gasteiger partial charge in [-0.05, 0) is 82.0 Å². The Morgan fingerprint density at radius 1 is 1.10 bits per heavy atom. The number of carbonyl (C=O) groups excluding carboxylic acids is 4. The van der Waals surface area contributed by atoms with E-state index in [4.69, 9.17) is 14.2 Å². The number of nitrogens with zero attached hydrogens (tertiary/aromatic N) is 2. The molecule has 5 atom stereocenters. The number of likely N-dealkylation sites (tertiary alicyclic amines) is 1. The van der Waals surface area contributed by atoms with E-state index in [0.29, 0.717) is 24.0 Å². The van der Waals surface area contributed by atoms with E-state index in [1.54, 1.807) is 73.9 Å². The van der Waals surface area contributed by atoms with Gasteiger partial charge in [0.2, 0.25) is 27.7 Å². The first kappa shape index (κ1) is 37.8. The minimum absolute atomic E-state index is 0.0158. The van der Waals surface area contributed by atoms with Crippen LogP contribution in [0, 0.1) is 11.3 Å². The van der Waals surface area contributed by atoms with E-state index in [-0.39, 0.29) is 25.3 Å². The lowest BCUT2D eigenvalue weighted by atomic mass is 9.85. The smallest absolute Gasteiger partial charge is 0.408 e. The standard InChI is InChI=1S/C36H49N5O9S/c1-10-22-19-36(22,31(44)40-51(46,47)35(8)14-15-35)39-28(42)26-18-24(49-29-25-12-11-23(48-9)17-21(25)13-16-37-29)20-41(26)30(43)27(33(2,3)4)38-32(45)50-34(5,6)7/h10-13,16-17,22,24,26-27H,1,14-15,18-20H2,2-9H3,(H,38,45)(H,39,42)(H,40,44). The molecular weight excluding hydrogens is 678 g/mol. The van der Waals surface area contributed by atoms with Crippen molar-refractivity contribution in [2.24, 2.45) is 11.3 Å². The second-order valence-corrected chi connectivity index (χ2v) is 18.2. The highest BCUT2D eigenvalue weighted by molar-refractivity contribution is 7.91. The molecule has 3 aliphatic rings. The Balaban J connectivity index is 1.45. The number of hydrogen-bond acceptors (Lipinski definition) is 10. The Kier molecular flexibility index (Phi) is 9.87. The van der Waals surface area contributed by atoms with Crippen LogP contribution in [0.2, 0.25) is 0 Å². The van der Waals surface area contributed by atoms with Crippen LogP contribution < -0.4 is 24.8 Å². The summed E-state index contributed by atoms with van der Waals surface area (Å²) in [5.41, 5.74) is -3.21. The highest BCUT2D eigenvalue weighted by Gasteiger charge is 2.63. The molecule has 5 unspecified atom stereocenters. The van der Waals surface area contributed by atoms with Gasteiger partial charge in [-0.1, -0.05) is 26.8 Å². The van der Waals surface area contributed by atoms with Gasteiger partial charge in [-0.25, -0.2) is 18.2 Å². The third-order valence-corrected chi connectivity index (χ3v) is 11.9. The molecule has 2 aromatic rings. The van der Waals surface area contributed by atoms with Crippen LogP contribution in [0.1, 0.15) is 74.1 Å². The number of benzene rings is 1. The van der Waals surface area contributed by atoms with Gasteiger partial charge in [0.1, 0.15) is 35.1 Å². The summed E-state index contributed by atoms with van der Waals surface area (Å²) in [4.78, 5) is 61.0. The molecule has 5 rings (SSSR count). The summed E-state index contributed by atoms with van der Waals surface area (Å²) < 4.78 is 44.3. The van der Waals surface area contributed by atoms with Crippen molar-refractivity contribution in [1.82, 2.24) is 25.2 Å². The van der Waals surface area contributed by atoms with Crippen LogP contribution in [-0.2, 0) is 29.1 Å². The lowest BCUT2D eigenvalue weighted by molar-refractivity contribution is -0.143. The molecule has 4 amide bonds. The molecule has 3 N–H and O–H groups in total. The first-order valence-corrected chi connectivity index (χ1v) is 18.5. The maximum atomic E-state index is 14.4. The van der Waals surface area contributed by atoms with Crippen molar-refractivity contribution in [3.63, 3.8) is 0 Å². The van der Waals surface area contributed by atoms with Gasteiger partial charge >= 0.3 is 6.09 Å². The van der Waals surface area contributed by atoms with E-state index < -0.39 is 79.2 Å². The normalized spacial score (nSPS) is 24.5. The van der Waals surface area contributed by atoms with E-state index in [1.165, 1.54) is 11.0 Å². The van der Waals surface area contributed by atoms with Crippen molar-refractivity contribution in [1.29, 1.82) is 0 Å². The van der Waals surface area contributed by atoms with Crippen LogP contribution >= 0.6 is 0 Å². The van der Waals surface area contributed by atoms with Gasteiger partial charge in [-0.2, -0.15) is 0 Å². The molecule has 51 heavy (non-hydrogen) atoms. The van der Waals surface area contributed by atoms with Crippen LogP contribution in [0.4, 0.5) is 4.79 Å². The Bertz CT molecular complexity index is 1850. The fraction of sp³-hybridized carbons (Fsp3) is 0.583. The number of aromatic nitrogens is 1. The van der Waals surface area contributed by atoms with Gasteiger partial charge < -0.3 is 29.7 Å². The van der Waals surface area contributed by atoms with E-state index in [9.17, 15) is 27.6 Å². The zero-order valence-electron chi connectivity index (χ0n) is 30.5. The highest BCUT2D eigenvalue weighted by Crippen LogP contribution is 2.47. The number of fused-ring (bicyclic) bond motifs is 1. The maximum Gasteiger partial charge on any atom is 0.408 e. The quantitative estimate of drug-likeness (QED) is 0.290. The fourth-order valence-electron chi connectivity index (χ4n) is 6.24. The summed E-state index contributed by atoms with van der Waals surface area (Å²) in [7, 11) is -2.43. The monoisotopic (exact) mass is 727 g/mol. The first-order chi connectivity index (χ1) is 23.6. The van der Waals surface area contributed by atoms with Crippen molar-refractivity contribution in [2.75, 3.05) is 13.7 Å². The number of pyridine rings is 1. The van der Waals surface area contributed by atoms with E-state index in [0.717, 1.165) is 5.39 Å². The summed E-state index contributed by atoms with van der Waals surface area (Å²) in [6.07, 6.45) is 2.56. The van der Waals surface area contributed by atoms with Crippen LogP contribution in [0.3, 0.4) is 0 Å². The molecule has 1 aliphatic heterocycles. The predicted molar refractivity (Wildman–Crippen MR) is 189 cm³/mol. The van der Waals surface area contributed by atoms with Gasteiger partial charge in [0.15, 0.2) is 0 Å². The minimum Gasteiger partial charge on any atom is -0.497 e. The summed E-state index contributed by atoms with van der Waals surface area (Å²) >= 11 is 0. The molecule has 2 heterocycles. The zero-order valence-corrected chi connectivity index (χ0v) is 31.3. The van der Waals surface area contributed by atoms with E-state index in [1.807, 2.05) is 12.1 Å². The molecule has 0 radical (unpaired) electrons. The lowest BCUT2D eigenvalue weighted by Crippen LogP contribution is -2.60. The largest absolute Gasteiger partial charge is 0.497 e. The molecule has 278 valence electrons. The minimum atomic E-state index is -3.99. The topological polar surface area (TPSA) is 182 Å². The number of sulfonamides is 1. The molecular formula is C36H49N5O9S. The first-order valence-electron chi connectivity index (χ1n) is 17.0. The van der Waals surface area contributed by atoms with Gasteiger partial charge in [-0.15, -0.1) is 6.58 Å².